The molecule has 0 unspecified atom stereocenters. The lowest BCUT2D eigenvalue weighted by atomic mass is 10.2. The van der Waals surface area contributed by atoms with Crippen LogP contribution in [-0.2, 0) is 24.8 Å². The molecule has 3 aromatic rings. The topological polar surface area (TPSA) is 115 Å². The van der Waals surface area contributed by atoms with Crippen molar-refractivity contribution in [2.45, 2.75) is 13.0 Å². The summed E-state index contributed by atoms with van der Waals surface area (Å²) in [4.78, 5) is 36.9. The van der Waals surface area contributed by atoms with Crippen LogP contribution < -0.4 is 24.6 Å². The zero-order chi connectivity index (χ0) is 26.1. The van der Waals surface area contributed by atoms with Gasteiger partial charge in [0.25, 0.3) is 0 Å². The number of halogens is 2. The van der Waals surface area contributed by atoms with Crippen molar-refractivity contribution in [1.82, 2.24) is 19.7 Å². The summed E-state index contributed by atoms with van der Waals surface area (Å²) in [5.41, 5.74) is 2.01. The molecule has 1 aliphatic heterocycles. The Labute approximate surface area is 217 Å². The minimum atomic E-state index is -0.412. The lowest BCUT2D eigenvalue weighted by Crippen LogP contribution is -2.46. The summed E-state index contributed by atoms with van der Waals surface area (Å²) in [6.07, 6.45) is 4.64. The molecule has 0 aliphatic carbocycles. The molecule has 1 aromatic carbocycles. The fourth-order valence-electron chi connectivity index (χ4n) is 3.78. The number of hydrogen-bond acceptors (Lipinski definition) is 8. The summed E-state index contributed by atoms with van der Waals surface area (Å²) >= 11 is 13.1. The number of anilines is 4. The van der Waals surface area contributed by atoms with Gasteiger partial charge in [-0.15, -0.1) is 0 Å². The Kier molecular flexibility index (Phi) is 7.04. The molecular weight excluding hydrogens is 509 g/mol. The average molecular weight is 532 g/mol. The molecule has 3 heterocycles. The third-order valence-electron chi connectivity index (χ3n) is 5.55. The van der Waals surface area contributed by atoms with Gasteiger partial charge in [0.1, 0.15) is 27.4 Å². The maximum Gasteiger partial charge on any atom is 0.330 e. The van der Waals surface area contributed by atoms with Crippen molar-refractivity contribution >= 4 is 58.2 Å². The van der Waals surface area contributed by atoms with Crippen LogP contribution in [0, 0.1) is 0 Å². The number of nitrogens with zero attached hydrogens (tertiary/aromatic N) is 6. The first-order valence-corrected chi connectivity index (χ1v) is 11.4. The number of ketones is 1. The van der Waals surface area contributed by atoms with Gasteiger partial charge in [0.05, 0.1) is 44.3 Å². The molecule has 36 heavy (non-hydrogen) atoms. The number of allylic oxidation sites excluding steroid dienone is 1. The SMILES string of the molecule is C=CC(=O)Cc1nn(C)cc1Nc1ncc2c(n1)N(C)C(=O)N(c1c(Cl)c(OC)cc(OC)c1Cl)C2. The predicted molar refractivity (Wildman–Crippen MR) is 137 cm³/mol. The number of hydrogen-bond donors (Lipinski definition) is 1. The number of nitrogens with one attached hydrogen (secondary N) is 1. The van der Waals surface area contributed by atoms with Crippen LogP contribution in [0.25, 0.3) is 0 Å². The van der Waals surface area contributed by atoms with Crippen LogP contribution >= 0.6 is 23.2 Å². The highest BCUT2D eigenvalue weighted by Gasteiger charge is 2.35. The van der Waals surface area contributed by atoms with Gasteiger partial charge < -0.3 is 14.8 Å². The Hall–Kier alpha value is -3.83. The summed E-state index contributed by atoms with van der Waals surface area (Å²) in [6.45, 7) is 3.61. The molecule has 0 bridgehead atoms. The van der Waals surface area contributed by atoms with Crippen molar-refractivity contribution in [2.75, 3.05) is 36.4 Å². The monoisotopic (exact) mass is 531 g/mol. The normalized spacial score (nSPS) is 12.9. The zero-order valence-electron chi connectivity index (χ0n) is 20.0. The number of carbonyl (C=O) groups excluding carboxylic acids is 2. The fourth-order valence-corrected chi connectivity index (χ4v) is 4.49. The third kappa shape index (κ3) is 4.54. The van der Waals surface area contributed by atoms with E-state index in [1.165, 1.54) is 30.1 Å². The minimum absolute atomic E-state index is 0.0798. The van der Waals surface area contributed by atoms with E-state index in [-0.39, 0.29) is 40.4 Å². The Morgan fingerprint density at radius 3 is 2.50 bits per heavy atom. The summed E-state index contributed by atoms with van der Waals surface area (Å²) in [6, 6.07) is 1.14. The third-order valence-corrected chi connectivity index (χ3v) is 6.28. The second-order valence-electron chi connectivity index (χ2n) is 7.86. The van der Waals surface area contributed by atoms with Gasteiger partial charge in [0, 0.05) is 38.1 Å². The summed E-state index contributed by atoms with van der Waals surface area (Å²) in [5.74, 6) is 1.10. The molecule has 13 heteroatoms. The van der Waals surface area contributed by atoms with E-state index < -0.39 is 6.03 Å². The molecule has 0 radical (unpaired) electrons. The van der Waals surface area contributed by atoms with Crippen molar-refractivity contribution in [3.8, 4) is 11.5 Å². The molecule has 0 fully saturated rings. The average Bonchev–Trinajstić information content (AvgIpc) is 3.20. The van der Waals surface area contributed by atoms with E-state index in [1.807, 2.05) is 0 Å². The summed E-state index contributed by atoms with van der Waals surface area (Å²) in [7, 11) is 6.25. The number of aryl methyl sites for hydroxylation is 1. The van der Waals surface area contributed by atoms with Gasteiger partial charge in [-0.2, -0.15) is 10.1 Å². The Morgan fingerprint density at radius 1 is 1.22 bits per heavy atom. The van der Waals surface area contributed by atoms with Crippen molar-refractivity contribution < 1.29 is 19.1 Å². The zero-order valence-corrected chi connectivity index (χ0v) is 21.5. The number of benzene rings is 1. The molecule has 188 valence electrons. The number of methoxy groups -OCH3 is 2. The van der Waals surface area contributed by atoms with E-state index in [4.69, 9.17) is 32.7 Å². The van der Waals surface area contributed by atoms with Crippen LogP contribution in [0.4, 0.5) is 27.9 Å². The van der Waals surface area contributed by atoms with Crippen LogP contribution in [0.3, 0.4) is 0 Å². The molecule has 1 aliphatic rings. The second-order valence-corrected chi connectivity index (χ2v) is 8.62. The van der Waals surface area contributed by atoms with Gasteiger partial charge in [-0.1, -0.05) is 29.8 Å². The predicted octanol–water partition coefficient (Wildman–Crippen LogP) is 4.15. The molecule has 1 N–H and O–H groups in total. The Morgan fingerprint density at radius 2 is 1.89 bits per heavy atom. The molecule has 4 rings (SSSR count). The van der Waals surface area contributed by atoms with Gasteiger partial charge in [-0.3, -0.25) is 19.3 Å². The van der Waals surface area contributed by atoms with E-state index >= 15 is 0 Å². The lowest BCUT2D eigenvalue weighted by Gasteiger charge is -2.35. The lowest BCUT2D eigenvalue weighted by molar-refractivity contribution is -0.114. The van der Waals surface area contributed by atoms with Crippen molar-refractivity contribution in [1.29, 1.82) is 0 Å². The molecule has 0 saturated heterocycles. The van der Waals surface area contributed by atoms with Gasteiger partial charge >= 0.3 is 6.03 Å². The standard InChI is InChI=1S/C23H23Cl2N7O4/c1-6-13(33)7-14-15(11-30(2)29-14)27-22-26-9-12-10-32(23(34)31(3)21(12)28-22)20-18(24)16(35-4)8-17(36-5)19(20)25/h6,8-9,11H,1,7,10H2,2-5H3,(H,26,27,28). The highest BCUT2D eigenvalue weighted by atomic mass is 35.5. The number of urea groups is 1. The molecule has 0 saturated carbocycles. The summed E-state index contributed by atoms with van der Waals surface area (Å²) < 4.78 is 12.2. The number of amides is 2. The molecule has 0 atom stereocenters. The molecule has 2 amide bonds. The van der Waals surface area contributed by atoms with Crippen LogP contribution in [0.2, 0.25) is 10.0 Å². The quantitative estimate of drug-likeness (QED) is 0.431. The number of carbonyl (C=O) groups is 2. The maximum atomic E-state index is 13.4. The molecule has 2 aromatic heterocycles. The van der Waals surface area contributed by atoms with Crippen molar-refractivity contribution in [3.05, 3.63) is 52.4 Å². The number of rotatable bonds is 8. The van der Waals surface area contributed by atoms with Gasteiger partial charge in [0.2, 0.25) is 5.95 Å². The van der Waals surface area contributed by atoms with Crippen LogP contribution in [-0.4, -0.2) is 52.8 Å². The Bertz CT molecular complexity index is 1350. The van der Waals surface area contributed by atoms with Crippen LogP contribution in [0.1, 0.15) is 11.3 Å². The molecular formula is C23H23Cl2N7O4. The first-order chi connectivity index (χ1) is 17.2. The van der Waals surface area contributed by atoms with Gasteiger partial charge in [0.15, 0.2) is 5.78 Å². The smallest absolute Gasteiger partial charge is 0.330 e. The number of aromatic nitrogens is 4. The van der Waals surface area contributed by atoms with E-state index in [1.54, 1.807) is 37.2 Å². The van der Waals surface area contributed by atoms with Crippen molar-refractivity contribution in [2.24, 2.45) is 7.05 Å². The van der Waals surface area contributed by atoms with Gasteiger partial charge in [-0.05, 0) is 6.08 Å². The second kappa shape index (κ2) is 10.0. The van der Waals surface area contributed by atoms with E-state index in [2.05, 4.69) is 27.0 Å². The maximum absolute atomic E-state index is 13.4. The highest BCUT2D eigenvalue weighted by molar-refractivity contribution is 6.42. The largest absolute Gasteiger partial charge is 0.495 e. The Balaban J connectivity index is 1.68. The minimum Gasteiger partial charge on any atom is -0.495 e. The molecule has 11 nitrogen and oxygen atoms in total. The van der Waals surface area contributed by atoms with Crippen LogP contribution in [0.5, 0.6) is 11.5 Å². The van der Waals surface area contributed by atoms with Crippen molar-refractivity contribution in [3.63, 3.8) is 0 Å². The highest BCUT2D eigenvalue weighted by Crippen LogP contribution is 2.47. The molecule has 0 spiro atoms. The number of ether oxygens (including phenoxy) is 2. The van der Waals surface area contributed by atoms with E-state index in [0.29, 0.717) is 34.3 Å². The van der Waals surface area contributed by atoms with E-state index in [9.17, 15) is 9.59 Å². The summed E-state index contributed by atoms with van der Waals surface area (Å²) in [5, 5.41) is 7.74. The first-order valence-electron chi connectivity index (χ1n) is 10.6. The van der Waals surface area contributed by atoms with Crippen LogP contribution in [0.15, 0.2) is 31.1 Å². The fraction of sp³-hybridized carbons (Fsp3) is 0.261. The van der Waals surface area contributed by atoms with Gasteiger partial charge in [-0.25, -0.2) is 9.78 Å². The number of fused-ring (bicyclic) bond motifs is 1. The first kappa shape index (κ1) is 25.3. The van der Waals surface area contributed by atoms with E-state index in [0.717, 1.165) is 0 Å².